The van der Waals surface area contributed by atoms with Crippen LogP contribution >= 0.6 is 23.1 Å². The van der Waals surface area contributed by atoms with Crippen LogP contribution < -0.4 is 10.9 Å². The number of benzene rings is 1. The number of fused-ring (bicyclic) bond motifs is 3. The minimum atomic E-state index is -0.360. The molecule has 3 aromatic rings. The molecule has 4 rings (SSSR count). The average Bonchev–Trinajstić information content (AvgIpc) is 3.12. The van der Waals surface area contributed by atoms with E-state index in [1.165, 1.54) is 40.9 Å². The summed E-state index contributed by atoms with van der Waals surface area (Å²) >= 11 is 2.81. The largest absolute Gasteiger partial charge is 0.383 e. The number of hydrogen-bond donors (Lipinski definition) is 1. The molecule has 2 heterocycles. The maximum atomic E-state index is 13.3. The molecule has 1 amide bonds. The van der Waals surface area contributed by atoms with Crippen molar-refractivity contribution in [3.8, 4) is 0 Å². The highest BCUT2D eigenvalue weighted by Gasteiger charge is 2.22. The predicted octanol–water partition coefficient (Wildman–Crippen LogP) is 3.85. The van der Waals surface area contributed by atoms with Gasteiger partial charge in [-0.3, -0.25) is 14.2 Å². The number of nitrogens with one attached hydrogen (secondary N) is 1. The van der Waals surface area contributed by atoms with Gasteiger partial charge in [0.25, 0.3) is 5.56 Å². The van der Waals surface area contributed by atoms with Crippen LogP contribution in [0.2, 0.25) is 0 Å². The Kier molecular flexibility index (Phi) is 6.50. The normalized spacial score (nSPS) is 13.4. The van der Waals surface area contributed by atoms with E-state index < -0.39 is 0 Å². The zero-order valence-electron chi connectivity index (χ0n) is 16.6. The van der Waals surface area contributed by atoms with Crippen molar-refractivity contribution in [1.82, 2.24) is 9.55 Å². The van der Waals surface area contributed by atoms with Crippen LogP contribution in [0.3, 0.4) is 0 Å². The van der Waals surface area contributed by atoms with Crippen LogP contribution in [0, 0.1) is 5.82 Å². The highest BCUT2D eigenvalue weighted by atomic mass is 32.2. The summed E-state index contributed by atoms with van der Waals surface area (Å²) in [6.07, 6.45) is 4.15. The summed E-state index contributed by atoms with van der Waals surface area (Å²) in [5.74, 6) is -0.515. The van der Waals surface area contributed by atoms with E-state index in [4.69, 9.17) is 9.72 Å². The average molecular weight is 448 g/mol. The predicted molar refractivity (Wildman–Crippen MR) is 118 cm³/mol. The molecule has 1 N–H and O–H groups in total. The number of aromatic nitrogens is 2. The molecular formula is C21H22FN3O3S2. The van der Waals surface area contributed by atoms with Gasteiger partial charge in [-0.25, -0.2) is 9.37 Å². The first-order valence-corrected chi connectivity index (χ1v) is 11.6. The molecular weight excluding hydrogens is 425 g/mol. The van der Waals surface area contributed by atoms with E-state index in [1.54, 1.807) is 23.0 Å². The summed E-state index contributed by atoms with van der Waals surface area (Å²) in [6.45, 7) is 0.763. The topological polar surface area (TPSA) is 73.2 Å². The third kappa shape index (κ3) is 4.43. The number of anilines is 1. The van der Waals surface area contributed by atoms with Crippen LogP contribution in [0.4, 0.5) is 10.1 Å². The van der Waals surface area contributed by atoms with Crippen LogP contribution in [-0.4, -0.2) is 34.9 Å². The van der Waals surface area contributed by atoms with Gasteiger partial charge in [0.1, 0.15) is 10.6 Å². The highest BCUT2D eigenvalue weighted by Crippen LogP contribution is 2.34. The van der Waals surface area contributed by atoms with Gasteiger partial charge in [0.05, 0.1) is 24.3 Å². The van der Waals surface area contributed by atoms with Crippen molar-refractivity contribution in [2.75, 3.05) is 24.8 Å². The monoisotopic (exact) mass is 447 g/mol. The minimum absolute atomic E-state index is 0.0575. The lowest BCUT2D eigenvalue weighted by Crippen LogP contribution is -2.26. The molecule has 0 fully saturated rings. The number of carbonyl (C=O) groups excluding carboxylic acids is 1. The summed E-state index contributed by atoms with van der Waals surface area (Å²) in [7, 11) is 1.59. The lowest BCUT2D eigenvalue weighted by Gasteiger charge is -2.13. The van der Waals surface area contributed by atoms with Crippen molar-refractivity contribution < 1.29 is 13.9 Å². The van der Waals surface area contributed by atoms with Gasteiger partial charge in [0.15, 0.2) is 5.16 Å². The molecule has 9 heteroatoms. The Labute approximate surface area is 181 Å². The number of aryl methyl sites for hydroxylation is 2. The molecule has 1 aliphatic rings. The first-order chi connectivity index (χ1) is 14.6. The Morgan fingerprint density at radius 1 is 1.30 bits per heavy atom. The molecule has 0 atom stereocenters. The molecule has 0 spiro atoms. The summed E-state index contributed by atoms with van der Waals surface area (Å²) in [5, 5.41) is 3.97. The molecule has 158 valence electrons. The Morgan fingerprint density at radius 3 is 2.83 bits per heavy atom. The zero-order chi connectivity index (χ0) is 21.1. The summed E-state index contributed by atoms with van der Waals surface area (Å²) in [5.41, 5.74) is 1.61. The third-order valence-electron chi connectivity index (χ3n) is 5.02. The zero-order valence-corrected chi connectivity index (χ0v) is 18.2. The second-order valence-electron chi connectivity index (χ2n) is 7.08. The van der Waals surface area contributed by atoms with Gasteiger partial charge in [-0.15, -0.1) is 11.3 Å². The second kappa shape index (κ2) is 9.28. The molecule has 0 bridgehead atoms. The maximum Gasteiger partial charge on any atom is 0.263 e. The molecule has 0 unspecified atom stereocenters. The minimum Gasteiger partial charge on any atom is -0.383 e. The molecule has 30 heavy (non-hydrogen) atoms. The Hall–Kier alpha value is -2.23. The van der Waals surface area contributed by atoms with Gasteiger partial charge in [0.2, 0.25) is 5.91 Å². The number of rotatable bonds is 7. The van der Waals surface area contributed by atoms with Gasteiger partial charge in [0, 0.05) is 17.7 Å². The summed E-state index contributed by atoms with van der Waals surface area (Å²) < 4.78 is 19.8. The van der Waals surface area contributed by atoms with Gasteiger partial charge in [-0.2, -0.15) is 0 Å². The van der Waals surface area contributed by atoms with E-state index in [2.05, 4.69) is 5.32 Å². The number of thioether (sulfide) groups is 1. The Morgan fingerprint density at radius 2 is 2.07 bits per heavy atom. The van der Waals surface area contributed by atoms with Crippen LogP contribution in [0.25, 0.3) is 10.2 Å². The van der Waals surface area contributed by atoms with E-state index in [1.807, 2.05) is 0 Å². The third-order valence-corrected chi connectivity index (χ3v) is 7.18. The van der Waals surface area contributed by atoms with Gasteiger partial charge >= 0.3 is 0 Å². The number of hydrogen-bond acceptors (Lipinski definition) is 6. The van der Waals surface area contributed by atoms with E-state index >= 15 is 0 Å². The van der Waals surface area contributed by atoms with E-state index in [0.717, 1.165) is 41.5 Å². The van der Waals surface area contributed by atoms with Crippen molar-refractivity contribution >= 4 is 44.9 Å². The number of carbonyl (C=O) groups is 1. The van der Waals surface area contributed by atoms with Crippen molar-refractivity contribution in [1.29, 1.82) is 0 Å². The van der Waals surface area contributed by atoms with Crippen LogP contribution in [-0.2, 0) is 28.9 Å². The molecule has 1 aliphatic carbocycles. The van der Waals surface area contributed by atoms with E-state index in [-0.39, 0.29) is 23.0 Å². The number of amides is 1. The van der Waals surface area contributed by atoms with Crippen LogP contribution in [0.15, 0.2) is 34.2 Å². The van der Waals surface area contributed by atoms with Crippen molar-refractivity contribution in [3.05, 3.63) is 50.9 Å². The Bertz CT molecular complexity index is 1130. The molecule has 0 aliphatic heterocycles. The first kappa shape index (κ1) is 21.0. The quantitative estimate of drug-likeness (QED) is 0.440. The molecule has 0 radical (unpaired) electrons. The number of halogens is 1. The Balaban J connectivity index is 1.59. The summed E-state index contributed by atoms with van der Waals surface area (Å²) in [6, 6.07) is 5.60. The van der Waals surface area contributed by atoms with Crippen LogP contribution in [0.1, 0.15) is 23.3 Å². The number of ether oxygens (including phenoxy) is 1. The lowest BCUT2D eigenvalue weighted by atomic mass is 9.97. The van der Waals surface area contributed by atoms with E-state index in [9.17, 15) is 14.0 Å². The maximum absolute atomic E-state index is 13.3. The summed E-state index contributed by atoms with van der Waals surface area (Å²) in [4.78, 5) is 32.4. The van der Waals surface area contributed by atoms with Crippen molar-refractivity contribution in [2.24, 2.45) is 0 Å². The number of methoxy groups -OCH3 is 1. The smallest absolute Gasteiger partial charge is 0.263 e. The van der Waals surface area contributed by atoms with Gasteiger partial charge in [-0.05, 0) is 55.5 Å². The molecule has 6 nitrogen and oxygen atoms in total. The molecule has 0 saturated carbocycles. The van der Waals surface area contributed by atoms with Gasteiger partial charge in [-0.1, -0.05) is 11.8 Å². The standard InChI is InChI=1S/C21H22FN3O3S2/c1-28-11-10-25-20(27)18-15-4-2-3-5-16(15)30-19(18)24-21(25)29-12-17(26)23-14-8-6-13(22)7-9-14/h6-9H,2-5,10-12H2,1H3,(H,23,26). The van der Waals surface area contributed by atoms with Crippen molar-refractivity contribution in [2.45, 2.75) is 37.4 Å². The molecule has 0 saturated heterocycles. The molecule has 2 aromatic heterocycles. The fourth-order valence-corrected chi connectivity index (χ4v) is 5.70. The highest BCUT2D eigenvalue weighted by molar-refractivity contribution is 7.99. The lowest BCUT2D eigenvalue weighted by molar-refractivity contribution is -0.113. The molecule has 1 aromatic carbocycles. The van der Waals surface area contributed by atoms with Crippen LogP contribution in [0.5, 0.6) is 0 Å². The first-order valence-electron chi connectivity index (χ1n) is 9.79. The van der Waals surface area contributed by atoms with Gasteiger partial charge < -0.3 is 10.1 Å². The fourth-order valence-electron chi connectivity index (χ4n) is 3.57. The SMILES string of the molecule is COCCn1c(SCC(=O)Nc2ccc(F)cc2)nc2sc3c(c2c1=O)CCCC3. The fraction of sp³-hybridized carbons (Fsp3) is 0.381. The van der Waals surface area contributed by atoms with Crippen molar-refractivity contribution in [3.63, 3.8) is 0 Å². The second-order valence-corrected chi connectivity index (χ2v) is 9.10. The number of nitrogens with zero attached hydrogens (tertiary/aromatic N) is 2. The number of thiophene rings is 1. The van der Waals surface area contributed by atoms with E-state index in [0.29, 0.717) is 24.0 Å².